The minimum atomic E-state index is -0.833. The van der Waals surface area contributed by atoms with E-state index in [9.17, 15) is 15.2 Å². The Labute approximate surface area is 127 Å². The van der Waals surface area contributed by atoms with Gasteiger partial charge in [-0.3, -0.25) is 0 Å². The first-order valence-corrected chi connectivity index (χ1v) is 6.89. The number of nitriles is 1. The molecule has 2 N–H and O–H groups in total. The van der Waals surface area contributed by atoms with Gasteiger partial charge >= 0.3 is 6.09 Å². The molecule has 1 fully saturated rings. The number of carbonyl (C=O) groups excluding carboxylic acids is 1. The summed E-state index contributed by atoms with van der Waals surface area (Å²) in [6, 6.07) is 3.51. The normalized spacial score (nSPS) is 18.6. The van der Waals surface area contributed by atoms with Gasteiger partial charge in [0.05, 0.1) is 35.4 Å². The van der Waals surface area contributed by atoms with Crippen LogP contribution in [0.5, 0.6) is 5.75 Å². The molecule has 1 aliphatic rings. The van der Waals surface area contributed by atoms with E-state index in [2.05, 4.69) is 5.32 Å². The number of rotatable bonds is 4. The molecule has 1 aromatic rings. The Balaban J connectivity index is 2.67. The summed E-state index contributed by atoms with van der Waals surface area (Å²) in [6.45, 7) is 3.92. The van der Waals surface area contributed by atoms with Gasteiger partial charge in [-0.15, -0.1) is 0 Å². The van der Waals surface area contributed by atoms with Crippen molar-refractivity contribution in [3.05, 3.63) is 27.8 Å². The van der Waals surface area contributed by atoms with Crippen LogP contribution in [-0.4, -0.2) is 24.4 Å². The van der Waals surface area contributed by atoms with Crippen LogP contribution in [0.25, 0.3) is 0 Å². The molecular weight excluding hydrogens is 296 g/mol. The second-order valence-corrected chi connectivity index (χ2v) is 4.97. The lowest BCUT2D eigenvalue weighted by Crippen LogP contribution is -2.14. The Morgan fingerprint density at radius 3 is 2.90 bits per heavy atom. The smallest absolute Gasteiger partial charge is 0.407 e. The van der Waals surface area contributed by atoms with Crippen LogP contribution in [-0.2, 0) is 4.74 Å². The third kappa shape index (κ3) is 2.89. The van der Waals surface area contributed by atoms with Crippen molar-refractivity contribution >= 4 is 17.7 Å². The van der Waals surface area contributed by atoms with Crippen LogP contribution < -0.4 is 10.1 Å². The van der Waals surface area contributed by atoms with Gasteiger partial charge in [0.2, 0.25) is 0 Å². The van der Waals surface area contributed by atoms with Crippen molar-refractivity contribution in [2.75, 3.05) is 13.2 Å². The molecule has 0 aliphatic carbocycles. The van der Waals surface area contributed by atoms with E-state index in [1.54, 1.807) is 13.8 Å². The monoisotopic (exact) mass is 310 g/mol. The zero-order valence-corrected chi connectivity index (χ0v) is 12.4. The van der Waals surface area contributed by atoms with Gasteiger partial charge in [-0.05, 0) is 19.9 Å². The molecule has 2 unspecified atom stereocenters. The molecule has 1 amide bonds. The fraction of sp³-hybridized carbons (Fsp3) is 0.429. The summed E-state index contributed by atoms with van der Waals surface area (Å²) in [7, 11) is 0. The largest absolute Gasteiger partial charge is 0.493 e. The van der Waals surface area contributed by atoms with Gasteiger partial charge in [-0.25, -0.2) is 4.79 Å². The van der Waals surface area contributed by atoms with Crippen molar-refractivity contribution in [3.8, 4) is 11.8 Å². The van der Waals surface area contributed by atoms with Gasteiger partial charge in [0.25, 0.3) is 0 Å². The maximum atomic E-state index is 11.3. The van der Waals surface area contributed by atoms with Crippen molar-refractivity contribution < 1.29 is 19.4 Å². The van der Waals surface area contributed by atoms with E-state index in [0.717, 1.165) is 0 Å². The van der Waals surface area contributed by atoms with E-state index in [1.165, 1.54) is 6.07 Å². The minimum Gasteiger partial charge on any atom is -0.493 e. The summed E-state index contributed by atoms with van der Waals surface area (Å²) < 4.78 is 10.7. The number of ether oxygens (including phenoxy) is 2. The molecule has 0 aromatic heterocycles. The molecule has 1 aromatic carbocycles. The van der Waals surface area contributed by atoms with Crippen molar-refractivity contribution in [3.63, 3.8) is 0 Å². The van der Waals surface area contributed by atoms with E-state index in [-0.39, 0.29) is 17.1 Å². The molecule has 2 rings (SSSR count). The molecule has 2 atom stereocenters. The second kappa shape index (κ2) is 6.20. The number of halogens is 1. The zero-order valence-electron chi connectivity index (χ0n) is 11.6. The van der Waals surface area contributed by atoms with Crippen molar-refractivity contribution in [2.24, 2.45) is 0 Å². The summed E-state index contributed by atoms with van der Waals surface area (Å²) >= 11 is 6.12. The van der Waals surface area contributed by atoms with Crippen LogP contribution in [0.2, 0.25) is 5.02 Å². The highest BCUT2D eigenvalue weighted by atomic mass is 35.5. The maximum absolute atomic E-state index is 11.3. The number of nitrogens with one attached hydrogen (secondary N) is 1. The van der Waals surface area contributed by atoms with Crippen molar-refractivity contribution in [1.82, 2.24) is 5.32 Å². The minimum absolute atomic E-state index is 0.186. The molecule has 7 heteroatoms. The highest BCUT2D eigenvalue weighted by molar-refractivity contribution is 6.32. The number of nitrogens with zero attached hydrogens (tertiary/aromatic N) is 1. The van der Waals surface area contributed by atoms with Crippen molar-refractivity contribution in [2.45, 2.75) is 26.1 Å². The van der Waals surface area contributed by atoms with Crippen molar-refractivity contribution in [1.29, 1.82) is 5.26 Å². The van der Waals surface area contributed by atoms with Gasteiger partial charge in [0.1, 0.15) is 11.8 Å². The Hall–Kier alpha value is -1.97. The highest BCUT2D eigenvalue weighted by Crippen LogP contribution is 2.41. The molecule has 0 spiro atoms. The van der Waals surface area contributed by atoms with Crippen LogP contribution in [0.1, 0.15) is 42.7 Å². The number of hydrogen-bond donors (Lipinski definition) is 2. The lowest BCUT2D eigenvalue weighted by molar-refractivity contribution is 0.138. The Morgan fingerprint density at radius 1 is 1.71 bits per heavy atom. The van der Waals surface area contributed by atoms with Gasteiger partial charge in [-0.2, -0.15) is 5.26 Å². The van der Waals surface area contributed by atoms with Gasteiger partial charge in [0, 0.05) is 5.56 Å². The summed E-state index contributed by atoms with van der Waals surface area (Å²) in [6.07, 6.45) is -2.07. The summed E-state index contributed by atoms with van der Waals surface area (Å²) in [5.74, 6) is 0.343. The van der Waals surface area contributed by atoms with E-state index >= 15 is 0 Å². The van der Waals surface area contributed by atoms with E-state index < -0.39 is 18.3 Å². The second-order valence-electron chi connectivity index (χ2n) is 4.56. The third-order valence-corrected chi connectivity index (χ3v) is 3.45. The number of alkyl carbamates (subject to hydrolysis) is 1. The Morgan fingerprint density at radius 2 is 2.43 bits per heavy atom. The average Bonchev–Trinajstić information content (AvgIpc) is 2.86. The summed E-state index contributed by atoms with van der Waals surface area (Å²) in [4.78, 5) is 11.3. The van der Waals surface area contributed by atoms with Crippen LogP contribution in [0.15, 0.2) is 6.07 Å². The number of carbonyl (C=O) groups is 1. The van der Waals surface area contributed by atoms with Crippen LogP contribution in [0.4, 0.5) is 4.79 Å². The lowest BCUT2D eigenvalue weighted by atomic mass is 9.96. The standard InChI is InChI=1S/C14H15ClN2O4/c1-3-20-13-8(7(2)18)4-10(15)9(5-16)12(13)11-6-17-14(19)21-11/h4,7,11,18H,3,6H2,1-2H3,(H,17,19). The van der Waals surface area contributed by atoms with Crippen LogP contribution in [0, 0.1) is 11.3 Å². The number of amides is 1. The van der Waals surface area contributed by atoms with E-state index in [4.69, 9.17) is 21.1 Å². The lowest BCUT2D eigenvalue weighted by Gasteiger charge is -2.21. The number of hydrogen-bond acceptors (Lipinski definition) is 5. The first-order chi connectivity index (χ1) is 9.99. The SMILES string of the molecule is CCOc1c(C(C)O)cc(Cl)c(C#N)c1C1CNC(=O)O1. The molecule has 1 heterocycles. The fourth-order valence-electron chi connectivity index (χ4n) is 2.26. The number of aliphatic hydroxyl groups excluding tert-OH is 1. The summed E-state index contributed by atoms with van der Waals surface area (Å²) in [5, 5.41) is 21.9. The molecule has 0 bridgehead atoms. The first-order valence-electron chi connectivity index (χ1n) is 6.51. The van der Waals surface area contributed by atoms with Crippen LogP contribution in [0.3, 0.4) is 0 Å². The predicted molar refractivity (Wildman–Crippen MR) is 75.2 cm³/mol. The predicted octanol–water partition coefficient (Wildman–Crippen LogP) is 2.44. The average molecular weight is 311 g/mol. The first kappa shape index (κ1) is 15.4. The third-order valence-electron chi connectivity index (χ3n) is 3.15. The van der Waals surface area contributed by atoms with Gasteiger partial charge in [-0.1, -0.05) is 11.6 Å². The Kier molecular flexibility index (Phi) is 4.56. The highest BCUT2D eigenvalue weighted by Gasteiger charge is 2.33. The van der Waals surface area contributed by atoms with E-state index in [1.807, 2.05) is 6.07 Å². The molecule has 21 heavy (non-hydrogen) atoms. The number of cyclic esters (lactones) is 1. The number of benzene rings is 1. The van der Waals surface area contributed by atoms with Gasteiger partial charge in [0.15, 0.2) is 6.10 Å². The van der Waals surface area contributed by atoms with Gasteiger partial charge < -0.3 is 19.9 Å². The molecule has 0 radical (unpaired) electrons. The summed E-state index contributed by atoms with van der Waals surface area (Å²) in [5.41, 5.74) is 1.03. The number of aliphatic hydroxyl groups is 1. The fourth-order valence-corrected chi connectivity index (χ4v) is 2.52. The Bertz CT molecular complexity index is 610. The molecule has 1 saturated heterocycles. The molecule has 0 saturated carbocycles. The maximum Gasteiger partial charge on any atom is 0.407 e. The van der Waals surface area contributed by atoms with Crippen LogP contribution >= 0.6 is 11.6 Å². The quantitative estimate of drug-likeness (QED) is 0.891. The molecular formula is C14H15ClN2O4. The molecule has 6 nitrogen and oxygen atoms in total. The molecule has 1 aliphatic heterocycles. The topological polar surface area (TPSA) is 91.6 Å². The van der Waals surface area contributed by atoms with E-state index in [0.29, 0.717) is 23.5 Å². The molecule has 112 valence electrons. The zero-order chi connectivity index (χ0) is 15.6.